The highest BCUT2D eigenvalue weighted by Crippen LogP contribution is 2.32. The molecule has 0 bridgehead atoms. The lowest BCUT2D eigenvalue weighted by Crippen LogP contribution is -2.37. The van der Waals surface area contributed by atoms with Gasteiger partial charge < -0.3 is 14.9 Å². The Morgan fingerprint density at radius 3 is 1.32 bits per heavy atom. The summed E-state index contributed by atoms with van der Waals surface area (Å²) in [5.74, 6) is -3.14. The number of benzene rings is 2. The lowest BCUT2D eigenvalue weighted by Gasteiger charge is -2.34. The molecule has 100 valence electrons. The van der Waals surface area contributed by atoms with Crippen molar-refractivity contribution in [3.63, 3.8) is 0 Å². The van der Waals surface area contributed by atoms with Gasteiger partial charge in [0.15, 0.2) is 11.6 Å². The Morgan fingerprint density at radius 2 is 1.00 bits per heavy atom. The zero-order valence-electron chi connectivity index (χ0n) is 11.1. The zero-order valence-corrected chi connectivity index (χ0v) is 11.1. The van der Waals surface area contributed by atoms with E-state index in [1.165, 1.54) is 13.8 Å². The molecule has 0 spiro atoms. The van der Waals surface area contributed by atoms with Crippen molar-refractivity contribution < 1.29 is 14.9 Å². The van der Waals surface area contributed by atoms with E-state index >= 15 is 0 Å². The first-order chi connectivity index (χ1) is 8.92. The first-order valence-electron chi connectivity index (χ1n) is 6.18. The lowest BCUT2D eigenvalue weighted by molar-refractivity contribution is -0.334. The van der Waals surface area contributed by atoms with E-state index in [2.05, 4.69) is 0 Å². The predicted molar refractivity (Wildman–Crippen MR) is 73.1 cm³/mol. The van der Waals surface area contributed by atoms with Gasteiger partial charge in [0.05, 0.1) is 0 Å². The Kier molecular flexibility index (Phi) is 3.71. The third-order valence-electron chi connectivity index (χ3n) is 3.02. The van der Waals surface area contributed by atoms with Crippen molar-refractivity contribution in [3.05, 3.63) is 71.8 Å². The Balaban J connectivity index is 2.25. The van der Waals surface area contributed by atoms with E-state index in [1.54, 1.807) is 24.3 Å². The normalized spacial score (nSPS) is 17.5. The van der Waals surface area contributed by atoms with Crippen LogP contribution in [0, 0.1) is 0 Å². The van der Waals surface area contributed by atoms with Crippen LogP contribution in [0.3, 0.4) is 0 Å². The van der Waals surface area contributed by atoms with E-state index in [9.17, 15) is 10.2 Å². The Hall–Kier alpha value is -1.68. The maximum Gasteiger partial charge on any atom is 0.193 e. The molecular formula is C16H18O3. The summed E-state index contributed by atoms with van der Waals surface area (Å²) in [6, 6.07) is 18.0. The van der Waals surface area contributed by atoms with Crippen LogP contribution in [-0.2, 0) is 16.3 Å². The van der Waals surface area contributed by atoms with Gasteiger partial charge in [0.1, 0.15) is 0 Å². The summed E-state index contributed by atoms with van der Waals surface area (Å²) >= 11 is 0. The Bertz CT molecular complexity index is 469. The summed E-state index contributed by atoms with van der Waals surface area (Å²) in [5, 5.41) is 20.8. The molecule has 0 heterocycles. The maximum atomic E-state index is 10.4. The van der Waals surface area contributed by atoms with E-state index in [4.69, 9.17) is 4.74 Å². The SMILES string of the molecule is CC(O)(OC(C)(O)c1ccccc1)c1ccccc1. The summed E-state index contributed by atoms with van der Waals surface area (Å²) in [5.41, 5.74) is 1.18. The summed E-state index contributed by atoms with van der Waals surface area (Å²) < 4.78 is 5.51. The molecule has 2 rings (SSSR count). The third kappa shape index (κ3) is 3.20. The topological polar surface area (TPSA) is 49.7 Å². The largest absolute Gasteiger partial charge is 0.362 e. The molecule has 2 N–H and O–H groups in total. The van der Waals surface area contributed by atoms with Crippen LogP contribution in [0.15, 0.2) is 60.7 Å². The smallest absolute Gasteiger partial charge is 0.193 e. The van der Waals surface area contributed by atoms with Crippen LogP contribution in [0.2, 0.25) is 0 Å². The molecule has 0 saturated carbocycles. The Morgan fingerprint density at radius 1 is 0.684 bits per heavy atom. The molecule has 0 aliphatic rings. The number of ether oxygens (including phenoxy) is 1. The van der Waals surface area contributed by atoms with Gasteiger partial charge in [0.25, 0.3) is 0 Å². The van der Waals surface area contributed by atoms with Crippen LogP contribution < -0.4 is 0 Å². The molecule has 0 aliphatic heterocycles. The van der Waals surface area contributed by atoms with Crippen molar-refractivity contribution in [2.75, 3.05) is 0 Å². The molecular weight excluding hydrogens is 240 g/mol. The fourth-order valence-corrected chi connectivity index (χ4v) is 2.00. The highest BCUT2D eigenvalue weighted by Gasteiger charge is 2.35. The van der Waals surface area contributed by atoms with Crippen molar-refractivity contribution in [2.45, 2.75) is 25.4 Å². The van der Waals surface area contributed by atoms with E-state index < -0.39 is 11.6 Å². The van der Waals surface area contributed by atoms with Crippen molar-refractivity contribution in [2.24, 2.45) is 0 Å². The number of rotatable bonds is 4. The van der Waals surface area contributed by atoms with Crippen LogP contribution in [0.4, 0.5) is 0 Å². The second-order valence-corrected chi connectivity index (χ2v) is 4.80. The molecule has 0 aromatic heterocycles. The highest BCUT2D eigenvalue weighted by molar-refractivity contribution is 5.22. The van der Waals surface area contributed by atoms with Gasteiger partial charge in [-0.3, -0.25) is 0 Å². The van der Waals surface area contributed by atoms with Crippen LogP contribution >= 0.6 is 0 Å². The molecule has 0 radical (unpaired) electrons. The fraction of sp³-hybridized carbons (Fsp3) is 0.250. The monoisotopic (exact) mass is 258 g/mol. The molecule has 3 nitrogen and oxygen atoms in total. The zero-order chi connectivity index (χ0) is 13.9. The average Bonchev–Trinajstić information content (AvgIpc) is 2.40. The maximum absolute atomic E-state index is 10.4. The first kappa shape index (κ1) is 13.7. The molecule has 19 heavy (non-hydrogen) atoms. The highest BCUT2D eigenvalue weighted by atomic mass is 16.7. The number of hydrogen-bond acceptors (Lipinski definition) is 3. The van der Waals surface area contributed by atoms with E-state index in [0.717, 1.165) is 0 Å². The van der Waals surface area contributed by atoms with Gasteiger partial charge in [-0.05, 0) is 13.8 Å². The van der Waals surface area contributed by atoms with Gasteiger partial charge in [-0.25, -0.2) is 0 Å². The quantitative estimate of drug-likeness (QED) is 0.829. The fourth-order valence-electron chi connectivity index (χ4n) is 2.00. The van der Waals surface area contributed by atoms with Gasteiger partial charge in [0.2, 0.25) is 0 Å². The minimum Gasteiger partial charge on any atom is -0.362 e. The summed E-state index contributed by atoms with van der Waals surface area (Å²) in [6.07, 6.45) is 0. The minimum absolute atomic E-state index is 0.589. The van der Waals surface area contributed by atoms with E-state index in [0.29, 0.717) is 11.1 Å². The number of aliphatic hydroxyl groups is 2. The molecule has 2 aromatic rings. The van der Waals surface area contributed by atoms with Crippen LogP contribution in [-0.4, -0.2) is 10.2 Å². The van der Waals surface area contributed by atoms with Crippen molar-refractivity contribution >= 4 is 0 Å². The van der Waals surface area contributed by atoms with Crippen molar-refractivity contribution in [3.8, 4) is 0 Å². The predicted octanol–water partition coefficient (Wildman–Crippen LogP) is 2.73. The van der Waals surface area contributed by atoms with Crippen molar-refractivity contribution in [1.82, 2.24) is 0 Å². The molecule has 3 heteroatoms. The molecule has 2 atom stereocenters. The molecule has 0 aliphatic carbocycles. The van der Waals surface area contributed by atoms with Gasteiger partial charge in [-0.1, -0.05) is 60.7 Å². The van der Waals surface area contributed by atoms with Gasteiger partial charge >= 0.3 is 0 Å². The molecule has 0 saturated heterocycles. The van der Waals surface area contributed by atoms with Crippen LogP contribution in [0.1, 0.15) is 25.0 Å². The van der Waals surface area contributed by atoms with Crippen LogP contribution in [0.25, 0.3) is 0 Å². The van der Waals surface area contributed by atoms with E-state index in [-0.39, 0.29) is 0 Å². The van der Waals surface area contributed by atoms with Gasteiger partial charge in [0, 0.05) is 11.1 Å². The summed E-state index contributed by atoms with van der Waals surface area (Å²) in [4.78, 5) is 0. The minimum atomic E-state index is -1.57. The molecule has 2 unspecified atom stereocenters. The molecule has 2 aromatic carbocycles. The lowest BCUT2D eigenvalue weighted by atomic mass is 10.0. The second-order valence-electron chi connectivity index (χ2n) is 4.80. The summed E-state index contributed by atoms with van der Waals surface area (Å²) in [6.45, 7) is 3.03. The van der Waals surface area contributed by atoms with Crippen LogP contribution in [0.5, 0.6) is 0 Å². The first-order valence-corrected chi connectivity index (χ1v) is 6.18. The molecule has 0 amide bonds. The molecule has 0 fully saturated rings. The van der Waals surface area contributed by atoms with Gasteiger partial charge in [-0.2, -0.15) is 0 Å². The van der Waals surface area contributed by atoms with E-state index in [1.807, 2.05) is 36.4 Å². The average molecular weight is 258 g/mol. The second kappa shape index (κ2) is 5.13. The van der Waals surface area contributed by atoms with Gasteiger partial charge in [-0.15, -0.1) is 0 Å². The third-order valence-corrected chi connectivity index (χ3v) is 3.02. The van der Waals surface area contributed by atoms with Crippen molar-refractivity contribution in [1.29, 1.82) is 0 Å². The summed E-state index contributed by atoms with van der Waals surface area (Å²) in [7, 11) is 0. The Labute approximate surface area is 113 Å². The number of hydrogen-bond donors (Lipinski definition) is 2. The standard InChI is InChI=1S/C16H18O3/c1-15(17,13-9-5-3-6-10-13)19-16(2,18)14-11-7-4-8-12-14/h3-12,17-18H,1-2H3.